The van der Waals surface area contributed by atoms with Crippen molar-refractivity contribution in [3.63, 3.8) is 0 Å². The zero-order valence-electron chi connectivity index (χ0n) is 20.9. The summed E-state index contributed by atoms with van der Waals surface area (Å²) >= 11 is 2.44. The molecule has 9 nitrogen and oxygen atoms in total. The normalized spacial score (nSPS) is 15.3. The number of hydrogen-bond donors (Lipinski definition) is 1. The number of carbonyl (C=O) groups excluding carboxylic acids is 2. The molecule has 0 radical (unpaired) electrons. The number of methoxy groups -OCH3 is 2. The number of anilines is 1. The monoisotopic (exact) mass is 531 g/mol. The highest BCUT2D eigenvalue weighted by Gasteiger charge is 2.34. The number of benzene rings is 1. The van der Waals surface area contributed by atoms with Gasteiger partial charge in [0.05, 0.1) is 30.8 Å². The van der Waals surface area contributed by atoms with Crippen molar-refractivity contribution in [1.29, 1.82) is 0 Å². The molecular formula is C25H29N3O6S2. The molecule has 0 bridgehead atoms. The van der Waals surface area contributed by atoms with Crippen molar-refractivity contribution in [2.24, 2.45) is 11.3 Å². The van der Waals surface area contributed by atoms with Crippen molar-refractivity contribution in [2.45, 2.75) is 45.1 Å². The van der Waals surface area contributed by atoms with Gasteiger partial charge in [0.15, 0.2) is 5.95 Å². The topological polar surface area (TPSA) is 118 Å². The summed E-state index contributed by atoms with van der Waals surface area (Å²) in [6.45, 7) is 6.68. The van der Waals surface area contributed by atoms with Gasteiger partial charge in [-0.3, -0.25) is 4.79 Å². The third-order valence-electron chi connectivity index (χ3n) is 6.36. The summed E-state index contributed by atoms with van der Waals surface area (Å²) < 4.78 is 16.4. The Morgan fingerprint density at radius 1 is 1.28 bits per heavy atom. The van der Waals surface area contributed by atoms with Crippen LogP contribution < -0.4 is 19.8 Å². The van der Waals surface area contributed by atoms with Crippen LogP contribution in [-0.4, -0.2) is 37.1 Å². The summed E-state index contributed by atoms with van der Waals surface area (Å²) in [7, 11) is 2.90. The average molecular weight is 532 g/mol. The molecule has 1 aromatic carbocycles. The van der Waals surface area contributed by atoms with E-state index in [1.807, 2.05) is 0 Å². The van der Waals surface area contributed by atoms with Gasteiger partial charge in [0.2, 0.25) is 11.6 Å². The Morgan fingerprint density at radius 2 is 2.00 bits per heavy atom. The summed E-state index contributed by atoms with van der Waals surface area (Å²) in [4.78, 5) is 26.6. The van der Waals surface area contributed by atoms with Gasteiger partial charge in [-0.25, -0.2) is 4.79 Å². The molecule has 0 fully saturated rings. The van der Waals surface area contributed by atoms with Crippen LogP contribution in [0.2, 0.25) is 0 Å². The lowest BCUT2D eigenvalue weighted by molar-refractivity contribution is -0.705. The third kappa shape index (κ3) is 5.36. The Balaban J connectivity index is 1.51. The number of thiophene rings is 1. The quantitative estimate of drug-likeness (QED) is 0.278. The zero-order chi connectivity index (χ0) is 26.0. The Bertz CT molecular complexity index is 1260. The van der Waals surface area contributed by atoms with Gasteiger partial charge in [0.25, 0.3) is 5.03 Å². The van der Waals surface area contributed by atoms with Gasteiger partial charge >= 0.3 is 5.97 Å². The van der Waals surface area contributed by atoms with Crippen molar-refractivity contribution in [3.8, 4) is 17.4 Å². The van der Waals surface area contributed by atoms with Crippen LogP contribution in [0.4, 0.5) is 5.00 Å². The molecule has 3 aromatic rings. The summed E-state index contributed by atoms with van der Waals surface area (Å²) in [5, 5.41) is 19.6. The number of hydrogen-bond acceptors (Lipinski definition) is 9. The van der Waals surface area contributed by atoms with E-state index in [0.717, 1.165) is 41.5 Å². The van der Waals surface area contributed by atoms with Crippen molar-refractivity contribution < 1.29 is 33.4 Å². The maximum absolute atomic E-state index is 12.9. The molecule has 4 rings (SSSR count). The fraction of sp³-hybridized carbons (Fsp3) is 0.440. The first-order chi connectivity index (χ1) is 17.1. The van der Waals surface area contributed by atoms with Crippen LogP contribution >= 0.6 is 23.1 Å². The minimum absolute atomic E-state index is 0.0690. The van der Waals surface area contributed by atoms with Crippen LogP contribution in [0.5, 0.6) is 11.7 Å². The highest BCUT2D eigenvalue weighted by molar-refractivity contribution is 7.99. The Morgan fingerprint density at radius 3 is 2.64 bits per heavy atom. The Labute approximate surface area is 217 Å². The second-order valence-corrected chi connectivity index (χ2v) is 11.7. The highest BCUT2D eigenvalue weighted by atomic mass is 32.2. The summed E-state index contributed by atoms with van der Waals surface area (Å²) in [5.74, 6) is -0.363. The van der Waals surface area contributed by atoms with Crippen LogP contribution in [0.3, 0.4) is 0 Å². The number of rotatable bonds is 7. The van der Waals surface area contributed by atoms with Crippen LogP contribution in [0, 0.1) is 11.3 Å². The summed E-state index contributed by atoms with van der Waals surface area (Å²) in [6.07, 6.45) is 2.61. The molecule has 0 saturated carbocycles. The molecule has 2 aromatic heterocycles. The zero-order valence-corrected chi connectivity index (χ0v) is 22.5. The number of thioether (sulfide) groups is 1. The van der Waals surface area contributed by atoms with Crippen LogP contribution in [0.15, 0.2) is 33.8 Å². The van der Waals surface area contributed by atoms with E-state index in [1.165, 1.54) is 23.1 Å². The fourth-order valence-corrected chi connectivity index (χ4v) is 6.36. The third-order valence-corrected chi connectivity index (χ3v) is 8.55. The van der Waals surface area contributed by atoms with Gasteiger partial charge in [-0.1, -0.05) is 20.8 Å². The largest absolute Gasteiger partial charge is 0.538 e. The minimum atomic E-state index is -0.640. The lowest BCUT2D eigenvalue weighted by atomic mass is 9.72. The molecule has 1 aliphatic rings. The maximum atomic E-state index is 12.9. The number of amides is 1. The van der Waals surface area contributed by atoms with E-state index < -0.39 is 11.9 Å². The van der Waals surface area contributed by atoms with Crippen molar-refractivity contribution in [3.05, 3.63) is 40.3 Å². The van der Waals surface area contributed by atoms with E-state index in [-0.39, 0.29) is 22.1 Å². The first-order valence-corrected chi connectivity index (χ1v) is 13.3. The summed E-state index contributed by atoms with van der Waals surface area (Å²) in [5.41, 5.74) is 2.15. The standard InChI is InChI=1S/C25H29N3O6S2/c1-25(2,3)14-6-11-17-18(12-14)36-21(20(17)23(30)33-5)26-19(29)13-35-22-24(31)34-27-28(22)15-7-9-16(32-4)10-8-15/h7-10,14H,6,11-13H2,1-5H3,(H-,26,27,29,30,31). The number of carbonyl (C=O) groups is 2. The van der Waals surface area contributed by atoms with Crippen molar-refractivity contribution in [1.82, 2.24) is 5.27 Å². The molecular weight excluding hydrogens is 502 g/mol. The van der Waals surface area contributed by atoms with Crippen LogP contribution in [0.25, 0.3) is 5.69 Å². The Kier molecular flexibility index (Phi) is 7.60. The first kappa shape index (κ1) is 26.0. The molecule has 36 heavy (non-hydrogen) atoms. The van der Waals surface area contributed by atoms with Gasteiger partial charge in [0, 0.05) is 17.0 Å². The van der Waals surface area contributed by atoms with Gasteiger partial charge in [-0.05, 0) is 64.7 Å². The Hall–Kier alpha value is -3.05. The molecule has 1 atom stereocenters. The molecule has 2 heterocycles. The first-order valence-electron chi connectivity index (χ1n) is 11.5. The number of nitrogens with zero attached hydrogens (tertiary/aromatic N) is 2. The smallest absolute Gasteiger partial charge is 0.341 e. The second-order valence-electron chi connectivity index (χ2n) is 9.62. The molecule has 1 unspecified atom stereocenters. The average Bonchev–Trinajstić information content (AvgIpc) is 3.40. The number of esters is 1. The molecule has 192 valence electrons. The van der Waals surface area contributed by atoms with E-state index in [2.05, 4.69) is 31.4 Å². The molecule has 0 aliphatic heterocycles. The lowest BCUT2D eigenvalue weighted by Gasteiger charge is -2.33. The number of ether oxygens (including phenoxy) is 2. The van der Waals surface area contributed by atoms with Crippen molar-refractivity contribution >= 4 is 40.0 Å². The fourth-order valence-electron chi connectivity index (χ4n) is 4.28. The number of nitrogens with one attached hydrogen (secondary N) is 1. The molecule has 1 N–H and O–H groups in total. The van der Waals surface area contributed by atoms with Gasteiger partial charge in [0.1, 0.15) is 10.8 Å². The molecule has 0 saturated heterocycles. The van der Waals surface area contributed by atoms with Gasteiger partial charge < -0.3 is 24.4 Å². The maximum Gasteiger partial charge on any atom is 0.341 e. The molecule has 0 spiro atoms. The van der Waals surface area contributed by atoms with E-state index >= 15 is 0 Å². The molecule has 1 amide bonds. The van der Waals surface area contributed by atoms with E-state index in [1.54, 1.807) is 31.4 Å². The summed E-state index contributed by atoms with van der Waals surface area (Å²) in [6, 6.07) is 6.93. The number of fused-ring (bicyclic) bond motifs is 1. The minimum Gasteiger partial charge on any atom is -0.538 e. The number of aromatic nitrogens is 2. The van der Waals surface area contributed by atoms with Crippen LogP contribution in [0.1, 0.15) is 48.0 Å². The van der Waals surface area contributed by atoms with Crippen molar-refractivity contribution in [2.75, 3.05) is 25.3 Å². The SMILES string of the molecule is COC(=O)c1c(NC(=O)CSc2c([O-])on[n+]2-c2ccc(OC)cc2)sc2c1CCC(C(C)(C)C)C2. The molecule has 11 heteroatoms. The molecule has 1 aliphatic carbocycles. The van der Waals surface area contributed by atoms with E-state index in [9.17, 15) is 14.7 Å². The van der Waals surface area contributed by atoms with Gasteiger partial charge in [-0.2, -0.15) is 0 Å². The second kappa shape index (κ2) is 10.5. The van der Waals surface area contributed by atoms with E-state index in [0.29, 0.717) is 27.9 Å². The van der Waals surface area contributed by atoms with E-state index in [4.69, 9.17) is 14.0 Å². The predicted molar refractivity (Wildman–Crippen MR) is 134 cm³/mol. The lowest BCUT2D eigenvalue weighted by Crippen LogP contribution is -2.35. The predicted octanol–water partition coefficient (Wildman–Crippen LogP) is 3.76. The van der Waals surface area contributed by atoms with Crippen LogP contribution in [-0.2, 0) is 22.4 Å². The van der Waals surface area contributed by atoms with Gasteiger partial charge in [-0.15, -0.1) is 11.3 Å². The highest BCUT2D eigenvalue weighted by Crippen LogP contribution is 2.44.